The second-order valence-corrected chi connectivity index (χ2v) is 6.08. The first-order valence-corrected chi connectivity index (χ1v) is 7.62. The summed E-state index contributed by atoms with van der Waals surface area (Å²) in [6.07, 6.45) is 4.29. The maximum Gasteiger partial charge on any atom is 0.213 e. The minimum absolute atomic E-state index is 0.612. The molecule has 1 aliphatic rings. The number of rotatable bonds is 5. The minimum Gasteiger partial charge on any atom is -0.481 e. The van der Waals surface area contributed by atoms with Crippen LogP contribution in [0.15, 0.2) is 18.3 Å². The van der Waals surface area contributed by atoms with Crippen molar-refractivity contribution in [2.75, 3.05) is 26.7 Å². The molecule has 2 rings (SSSR count). The van der Waals surface area contributed by atoms with Gasteiger partial charge in [0.1, 0.15) is 0 Å². The zero-order chi connectivity index (χ0) is 14.4. The largest absolute Gasteiger partial charge is 0.481 e. The smallest absolute Gasteiger partial charge is 0.213 e. The Hall–Kier alpha value is -1.13. The highest BCUT2D eigenvalue weighted by molar-refractivity contribution is 5.20. The molecule has 1 unspecified atom stereocenters. The molecule has 4 nitrogen and oxygen atoms in total. The molecule has 0 saturated carbocycles. The number of hydrogen-bond acceptors (Lipinski definition) is 4. The van der Waals surface area contributed by atoms with Gasteiger partial charge in [-0.1, -0.05) is 13.8 Å². The average Bonchev–Trinajstić information content (AvgIpc) is 2.63. The van der Waals surface area contributed by atoms with E-state index in [1.54, 1.807) is 7.11 Å². The summed E-state index contributed by atoms with van der Waals surface area (Å²) in [6, 6.07) is 4.73. The van der Waals surface area contributed by atoms with E-state index in [0.717, 1.165) is 32.1 Å². The van der Waals surface area contributed by atoms with Crippen LogP contribution in [0, 0.1) is 5.92 Å². The predicted octanol–water partition coefficient (Wildman–Crippen LogP) is 2.30. The van der Waals surface area contributed by atoms with Crippen molar-refractivity contribution >= 4 is 0 Å². The van der Waals surface area contributed by atoms with E-state index in [-0.39, 0.29) is 0 Å². The summed E-state index contributed by atoms with van der Waals surface area (Å²) in [6.45, 7) is 8.99. The number of hydrogen-bond donors (Lipinski definition) is 1. The van der Waals surface area contributed by atoms with Crippen LogP contribution in [0.5, 0.6) is 5.88 Å². The van der Waals surface area contributed by atoms with Crippen LogP contribution in [0.25, 0.3) is 0 Å². The van der Waals surface area contributed by atoms with Crippen LogP contribution in [0.3, 0.4) is 0 Å². The second kappa shape index (κ2) is 7.60. The van der Waals surface area contributed by atoms with Crippen LogP contribution in [0.2, 0.25) is 0 Å². The Balaban J connectivity index is 1.95. The summed E-state index contributed by atoms with van der Waals surface area (Å²) in [5, 5.41) is 3.67. The molecule has 1 fully saturated rings. The first-order valence-electron chi connectivity index (χ1n) is 7.62. The van der Waals surface area contributed by atoms with Crippen molar-refractivity contribution in [3.8, 4) is 5.88 Å². The van der Waals surface area contributed by atoms with Gasteiger partial charge < -0.3 is 10.1 Å². The highest BCUT2D eigenvalue weighted by Crippen LogP contribution is 2.15. The van der Waals surface area contributed by atoms with Crippen LogP contribution in [-0.2, 0) is 6.54 Å². The Morgan fingerprint density at radius 1 is 1.50 bits per heavy atom. The van der Waals surface area contributed by atoms with E-state index in [1.165, 1.54) is 18.4 Å². The Labute approximate surface area is 122 Å². The number of pyridine rings is 1. The summed E-state index contributed by atoms with van der Waals surface area (Å²) in [5.74, 6) is 1.45. The van der Waals surface area contributed by atoms with Gasteiger partial charge in [0.25, 0.3) is 0 Å². The van der Waals surface area contributed by atoms with Crippen molar-refractivity contribution in [2.45, 2.75) is 39.3 Å². The fourth-order valence-corrected chi connectivity index (χ4v) is 2.87. The molecule has 0 amide bonds. The molecule has 0 bridgehead atoms. The highest BCUT2D eigenvalue weighted by Gasteiger charge is 2.18. The van der Waals surface area contributed by atoms with Crippen LogP contribution in [-0.4, -0.2) is 42.7 Å². The fourth-order valence-electron chi connectivity index (χ4n) is 2.87. The lowest BCUT2D eigenvalue weighted by Crippen LogP contribution is -2.38. The van der Waals surface area contributed by atoms with Gasteiger partial charge in [0, 0.05) is 31.4 Å². The number of nitrogens with zero attached hydrogens (tertiary/aromatic N) is 2. The van der Waals surface area contributed by atoms with Crippen LogP contribution >= 0.6 is 0 Å². The van der Waals surface area contributed by atoms with Crippen molar-refractivity contribution in [2.24, 2.45) is 5.92 Å². The molecule has 112 valence electrons. The van der Waals surface area contributed by atoms with Crippen molar-refractivity contribution < 1.29 is 4.74 Å². The Morgan fingerprint density at radius 2 is 2.35 bits per heavy atom. The highest BCUT2D eigenvalue weighted by atomic mass is 16.5. The van der Waals surface area contributed by atoms with Crippen LogP contribution in [0.4, 0.5) is 0 Å². The van der Waals surface area contributed by atoms with Crippen molar-refractivity contribution in [1.29, 1.82) is 0 Å². The van der Waals surface area contributed by atoms with Gasteiger partial charge in [-0.15, -0.1) is 0 Å². The lowest BCUT2D eigenvalue weighted by molar-refractivity contribution is 0.247. The van der Waals surface area contributed by atoms with E-state index in [9.17, 15) is 0 Å². The lowest BCUT2D eigenvalue weighted by Gasteiger charge is -2.25. The molecular formula is C16H27N3O. The molecule has 0 spiro atoms. The third-order valence-electron chi connectivity index (χ3n) is 3.73. The molecule has 4 heteroatoms. The SMILES string of the molecule is COc1cc(CN2CCCNC(CC(C)C)C2)ccn1. The summed E-state index contributed by atoms with van der Waals surface area (Å²) in [4.78, 5) is 6.71. The van der Waals surface area contributed by atoms with E-state index >= 15 is 0 Å². The molecule has 1 aromatic heterocycles. The maximum absolute atomic E-state index is 5.20. The molecule has 0 radical (unpaired) electrons. The third kappa shape index (κ3) is 4.76. The lowest BCUT2D eigenvalue weighted by atomic mass is 10.0. The molecule has 0 aliphatic carbocycles. The fraction of sp³-hybridized carbons (Fsp3) is 0.688. The molecule has 1 atom stereocenters. The Kier molecular flexibility index (Phi) is 5.80. The van der Waals surface area contributed by atoms with Gasteiger partial charge in [-0.25, -0.2) is 4.98 Å². The third-order valence-corrected chi connectivity index (χ3v) is 3.73. The molecule has 1 aromatic rings. The second-order valence-electron chi connectivity index (χ2n) is 6.08. The number of aromatic nitrogens is 1. The van der Waals surface area contributed by atoms with E-state index < -0.39 is 0 Å². The van der Waals surface area contributed by atoms with Gasteiger partial charge in [0.05, 0.1) is 7.11 Å². The van der Waals surface area contributed by atoms with Gasteiger partial charge in [-0.3, -0.25) is 4.90 Å². The number of methoxy groups -OCH3 is 1. The van der Waals surface area contributed by atoms with Gasteiger partial charge in [-0.2, -0.15) is 0 Å². The topological polar surface area (TPSA) is 37.4 Å². The first kappa shape index (κ1) is 15.3. The van der Waals surface area contributed by atoms with Crippen LogP contribution < -0.4 is 10.1 Å². The van der Waals surface area contributed by atoms with Gasteiger partial charge in [0.2, 0.25) is 5.88 Å². The van der Waals surface area contributed by atoms with E-state index in [1.807, 2.05) is 12.3 Å². The molecule has 2 heterocycles. The molecular weight excluding hydrogens is 250 g/mol. The van der Waals surface area contributed by atoms with Crippen LogP contribution in [0.1, 0.15) is 32.3 Å². The Morgan fingerprint density at radius 3 is 3.10 bits per heavy atom. The standard InChI is InChI=1S/C16H27N3O/c1-13(2)9-15-12-19(8-4-6-17-15)11-14-5-7-18-16(10-14)20-3/h5,7,10,13,15,17H,4,6,8-9,11-12H2,1-3H3. The monoisotopic (exact) mass is 277 g/mol. The van der Waals surface area contributed by atoms with Gasteiger partial charge >= 0.3 is 0 Å². The average molecular weight is 277 g/mol. The molecule has 1 aliphatic heterocycles. The molecule has 1 saturated heterocycles. The van der Waals surface area contributed by atoms with E-state index in [0.29, 0.717) is 11.9 Å². The normalized spacial score (nSPS) is 20.9. The predicted molar refractivity (Wildman–Crippen MR) is 81.9 cm³/mol. The number of nitrogens with one attached hydrogen (secondary N) is 1. The molecule has 1 N–H and O–H groups in total. The number of ether oxygens (including phenoxy) is 1. The van der Waals surface area contributed by atoms with Crippen molar-refractivity contribution in [3.05, 3.63) is 23.9 Å². The molecule has 0 aromatic carbocycles. The van der Waals surface area contributed by atoms with Crippen molar-refractivity contribution in [3.63, 3.8) is 0 Å². The van der Waals surface area contributed by atoms with Gasteiger partial charge in [-0.05, 0) is 43.5 Å². The quantitative estimate of drug-likeness (QED) is 0.896. The molecule has 20 heavy (non-hydrogen) atoms. The van der Waals surface area contributed by atoms with Gasteiger partial charge in [0.15, 0.2) is 0 Å². The maximum atomic E-state index is 5.20. The Bertz CT molecular complexity index is 408. The zero-order valence-corrected chi connectivity index (χ0v) is 12.9. The van der Waals surface area contributed by atoms with E-state index in [4.69, 9.17) is 4.74 Å². The summed E-state index contributed by atoms with van der Waals surface area (Å²) in [7, 11) is 1.67. The van der Waals surface area contributed by atoms with Crippen molar-refractivity contribution in [1.82, 2.24) is 15.2 Å². The summed E-state index contributed by atoms with van der Waals surface area (Å²) < 4.78 is 5.20. The van der Waals surface area contributed by atoms with E-state index in [2.05, 4.69) is 35.1 Å². The first-order chi connectivity index (χ1) is 9.67. The zero-order valence-electron chi connectivity index (χ0n) is 12.9. The summed E-state index contributed by atoms with van der Waals surface area (Å²) in [5.41, 5.74) is 1.28. The summed E-state index contributed by atoms with van der Waals surface area (Å²) >= 11 is 0. The minimum atomic E-state index is 0.612.